The van der Waals surface area contributed by atoms with Gasteiger partial charge in [-0.3, -0.25) is 14.4 Å². The number of amides is 4. The van der Waals surface area contributed by atoms with Crippen molar-refractivity contribution in [3.63, 3.8) is 0 Å². The Bertz CT molecular complexity index is 1180. The highest BCUT2D eigenvalue weighted by Crippen LogP contribution is 2.28. The Kier molecular flexibility index (Phi) is 13.0. The second kappa shape index (κ2) is 15.9. The van der Waals surface area contributed by atoms with Crippen molar-refractivity contribution in [2.75, 3.05) is 0 Å². The average Bonchev–Trinajstić information content (AvgIpc) is 2.92. The summed E-state index contributed by atoms with van der Waals surface area (Å²) in [5, 5.41) is 5.54. The van der Waals surface area contributed by atoms with Crippen molar-refractivity contribution >= 4 is 23.8 Å². The predicted molar refractivity (Wildman–Crippen MR) is 164 cm³/mol. The van der Waals surface area contributed by atoms with E-state index in [2.05, 4.69) is 24.5 Å². The average molecular weight is 581 g/mol. The lowest BCUT2D eigenvalue weighted by atomic mass is 9.96. The minimum atomic E-state index is -1.32. The number of alkyl carbamates (subject to hydrolysis) is 1. The largest absolute Gasteiger partial charge is 0.444 e. The van der Waals surface area contributed by atoms with E-state index in [1.807, 2.05) is 68.4 Å². The molecule has 0 heterocycles. The monoisotopic (exact) mass is 580 g/mol. The Morgan fingerprint density at radius 1 is 0.905 bits per heavy atom. The van der Waals surface area contributed by atoms with Gasteiger partial charge in [-0.2, -0.15) is 0 Å². The quantitative estimate of drug-likeness (QED) is 0.289. The molecule has 9 nitrogen and oxygen atoms in total. The number of nitrogens with one attached hydrogen (secondary N) is 2. The smallest absolute Gasteiger partial charge is 0.408 e. The zero-order valence-electron chi connectivity index (χ0n) is 26.1. The number of hydrogen-bond acceptors (Lipinski definition) is 5. The molecular weight excluding hydrogens is 532 g/mol. The molecule has 3 unspecified atom stereocenters. The number of hydrogen-bond donors (Lipinski definition) is 3. The molecule has 4 N–H and O–H groups in total. The lowest BCUT2D eigenvalue weighted by Gasteiger charge is -2.38. The van der Waals surface area contributed by atoms with E-state index in [0.29, 0.717) is 17.9 Å². The van der Waals surface area contributed by atoms with Crippen LogP contribution in [0.25, 0.3) is 0 Å². The number of ether oxygens (including phenoxy) is 1. The van der Waals surface area contributed by atoms with Crippen LogP contribution < -0.4 is 16.4 Å². The van der Waals surface area contributed by atoms with E-state index in [0.717, 1.165) is 24.0 Å². The molecular formula is C33H48N4O5. The Hall–Kier alpha value is -3.88. The lowest BCUT2D eigenvalue weighted by Crippen LogP contribution is -2.56. The van der Waals surface area contributed by atoms with Gasteiger partial charge in [-0.1, -0.05) is 75.4 Å². The van der Waals surface area contributed by atoms with Crippen LogP contribution in [0.15, 0.2) is 54.6 Å². The standard InChI is InChI=1S/C33H48N4O5/c1-8-24-16-18-26(19-17-24)29(30(39)35-21-25-12-10-9-11-13-25)37(23(4)15-14-22(2)3)31(40)27(20-28(34)38)36-32(41)42-33(5,6)7/h9-13,16-19,22-23,27,29H,8,14-15,20-21H2,1-7H3,(H2,34,38)(H,35,39)(H,36,41). The first-order chi connectivity index (χ1) is 19.7. The van der Waals surface area contributed by atoms with Gasteiger partial charge in [0, 0.05) is 12.6 Å². The number of nitrogens with two attached hydrogens (primary N) is 1. The fourth-order valence-corrected chi connectivity index (χ4v) is 4.60. The molecule has 42 heavy (non-hydrogen) atoms. The first-order valence-electron chi connectivity index (χ1n) is 14.7. The fraction of sp³-hybridized carbons (Fsp3) is 0.515. The molecule has 9 heteroatoms. The van der Waals surface area contributed by atoms with Crippen LogP contribution in [-0.2, 0) is 32.1 Å². The van der Waals surface area contributed by atoms with E-state index in [-0.39, 0.29) is 12.5 Å². The summed E-state index contributed by atoms with van der Waals surface area (Å²) in [5.74, 6) is -1.37. The Morgan fingerprint density at radius 2 is 1.52 bits per heavy atom. The van der Waals surface area contributed by atoms with Gasteiger partial charge in [-0.25, -0.2) is 4.79 Å². The van der Waals surface area contributed by atoms with E-state index >= 15 is 0 Å². The molecule has 0 aliphatic rings. The van der Waals surface area contributed by atoms with E-state index in [1.54, 1.807) is 20.8 Å². The zero-order chi connectivity index (χ0) is 31.4. The highest BCUT2D eigenvalue weighted by molar-refractivity contribution is 5.94. The summed E-state index contributed by atoms with van der Waals surface area (Å²) >= 11 is 0. The Balaban J connectivity index is 2.58. The van der Waals surface area contributed by atoms with Crippen LogP contribution >= 0.6 is 0 Å². The molecule has 0 aromatic heterocycles. The number of carbonyl (C=O) groups is 4. The highest BCUT2D eigenvalue weighted by atomic mass is 16.6. The molecule has 0 spiro atoms. The molecule has 0 saturated heterocycles. The molecule has 0 aliphatic heterocycles. The van der Waals surface area contributed by atoms with Crippen LogP contribution in [0.5, 0.6) is 0 Å². The van der Waals surface area contributed by atoms with Crippen LogP contribution in [0.4, 0.5) is 4.79 Å². The molecule has 0 bridgehead atoms. The normalized spacial score (nSPS) is 13.5. The third-order valence-electron chi connectivity index (χ3n) is 6.83. The summed E-state index contributed by atoms with van der Waals surface area (Å²) < 4.78 is 5.37. The minimum absolute atomic E-state index is 0.270. The molecule has 0 radical (unpaired) electrons. The molecule has 2 aromatic rings. The van der Waals surface area contributed by atoms with Crippen molar-refractivity contribution in [2.45, 2.75) is 104 Å². The van der Waals surface area contributed by atoms with E-state index in [1.165, 1.54) is 4.90 Å². The second-order valence-corrected chi connectivity index (χ2v) is 12.1. The summed E-state index contributed by atoms with van der Waals surface area (Å²) in [6, 6.07) is 14.3. The number of carbonyl (C=O) groups excluding carboxylic acids is 4. The topological polar surface area (TPSA) is 131 Å². The van der Waals surface area contributed by atoms with Crippen LogP contribution in [0.2, 0.25) is 0 Å². The number of rotatable bonds is 14. The Labute approximate surface area is 250 Å². The number of benzene rings is 2. The van der Waals surface area contributed by atoms with Gasteiger partial charge in [0.15, 0.2) is 0 Å². The van der Waals surface area contributed by atoms with Gasteiger partial charge in [0.2, 0.25) is 17.7 Å². The van der Waals surface area contributed by atoms with Gasteiger partial charge >= 0.3 is 6.09 Å². The fourth-order valence-electron chi connectivity index (χ4n) is 4.60. The third kappa shape index (κ3) is 11.2. The molecule has 0 saturated carbocycles. The number of primary amides is 1. The van der Waals surface area contributed by atoms with Crippen molar-refractivity contribution in [2.24, 2.45) is 11.7 Å². The van der Waals surface area contributed by atoms with E-state index in [4.69, 9.17) is 10.5 Å². The Morgan fingerprint density at radius 3 is 2.05 bits per heavy atom. The maximum atomic E-state index is 14.4. The molecule has 4 amide bonds. The summed E-state index contributed by atoms with van der Waals surface area (Å²) in [7, 11) is 0. The third-order valence-corrected chi connectivity index (χ3v) is 6.83. The van der Waals surface area contributed by atoms with Crippen molar-refractivity contribution in [1.29, 1.82) is 0 Å². The van der Waals surface area contributed by atoms with Gasteiger partial charge < -0.3 is 26.0 Å². The maximum Gasteiger partial charge on any atom is 0.408 e. The van der Waals surface area contributed by atoms with Crippen molar-refractivity contribution < 1.29 is 23.9 Å². The van der Waals surface area contributed by atoms with E-state index < -0.39 is 48.1 Å². The van der Waals surface area contributed by atoms with Crippen LogP contribution in [0, 0.1) is 5.92 Å². The van der Waals surface area contributed by atoms with Crippen LogP contribution in [-0.4, -0.2) is 46.4 Å². The predicted octanol–water partition coefficient (Wildman–Crippen LogP) is 5.03. The highest BCUT2D eigenvalue weighted by Gasteiger charge is 2.39. The molecule has 3 atom stereocenters. The summed E-state index contributed by atoms with van der Waals surface area (Å²) in [6.45, 7) is 13.5. The maximum absolute atomic E-state index is 14.4. The minimum Gasteiger partial charge on any atom is -0.444 e. The zero-order valence-corrected chi connectivity index (χ0v) is 26.1. The summed E-state index contributed by atoms with van der Waals surface area (Å²) in [6.07, 6.45) is 0.930. The van der Waals surface area contributed by atoms with E-state index in [9.17, 15) is 19.2 Å². The molecule has 230 valence electrons. The van der Waals surface area contributed by atoms with Gasteiger partial charge in [-0.05, 0) is 69.6 Å². The number of aryl methyl sites for hydroxylation is 1. The van der Waals surface area contributed by atoms with Crippen molar-refractivity contribution in [3.05, 3.63) is 71.3 Å². The molecule has 0 aliphatic carbocycles. The van der Waals surface area contributed by atoms with Gasteiger partial charge in [0.25, 0.3) is 0 Å². The molecule has 0 fully saturated rings. The van der Waals surface area contributed by atoms with Gasteiger partial charge in [0.1, 0.15) is 17.7 Å². The lowest BCUT2D eigenvalue weighted by molar-refractivity contribution is -0.146. The molecule has 2 rings (SSSR count). The summed E-state index contributed by atoms with van der Waals surface area (Å²) in [4.78, 5) is 54.7. The van der Waals surface area contributed by atoms with Crippen LogP contribution in [0.3, 0.4) is 0 Å². The summed E-state index contributed by atoms with van der Waals surface area (Å²) in [5.41, 5.74) is 7.32. The molecule has 2 aromatic carbocycles. The first kappa shape index (κ1) is 34.3. The van der Waals surface area contributed by atoms with Crippen molar-refractivity contribution in [3.8, 4) is 0 Å². The van der Waals surface area contributed by atoms with Crippen molar-refractivity contribution in [1.82, 2.24) is 15.5 Å². The van der Waals surface area contributed by atoms with Crippen LogP contribution in [0.1, 0.15) is 90.5 Å². The van der Waals surface area contributed by atoms with Gasteiger partial charge in [0.05, 0.1) is 6.42 Å². The SMILES string of the molecule is CCc1ccc(C(C(=O)NCc2ccccc2)N(C(=O)C(CC(N)=O)NC(=O)OC(C)(C)C)C(C)CCC(C)C)cc1. The van der Waals surface area contributed by atoms with Gasteiger partial charge in [-0.15, -0.1) is 0 Å². The first-order valence-corrected chi connectivity index (χ1v) is 14.7. The number of nitrogens with zero attached hydrogens (tertiary/aromatic N) is 1. The second-order valence-electron chi connectivity index (χ2n) is 12.1.